The van der Waals surface area contributed by atoms with Gasteiger partial charge < -0.3 is 19.5 Å². The number of fused-ring (bicyclic) bond motifs is 1. The molecule has 8 nitrogen and oxygen atoms in total. The highest BCUT2D eigenvalue weighted by atomic mass is 16.5. The smallest absolute Gasteiger partial charge is 0.408 e. The molecule has 0 aliphatic carbocycles. The van der Waals surface area contributed by atoms with Crippen LogP contribution in [0.15, 0.2) is 18.2 Å². The molecule has 0 spiro atoms. The van der Waals surface area contributed by atoms with Gasteiger partial charge in [0.1, 0.15) is 17.5 Å². The van der Waals surface area contributed by atoms with Crippen LogP contribution < -0.4 is 9.47 Å². The normalized spacial score (nSPS) is 24.6. The minimum atomic E-state index is -1.37. The molecule has 2 amide bonds. The van der Waals surface area contributed by atoms with Gasteiger partial charge in [0.25, 0.3) is 5.91 Å². The first-order chi connectivity index (χ1) is 12.6. The van der Waals surface area contributed by atoms with Crippen molar-refractivity contribution >= 4 is 17.8 Å². The van der Waals surface area contributed by atoms with Crippen LogP contribution >= 0.6 is 0 Å². The first-order valence-corrected chi connectivity index (χ1v) is 8.64. The number of methoxy groups -OCH3 is 2. The zero-order valence-corrected chi connectivity index (χ0v) is 16.1. The third kappa shape index (κ3) is 2.46. The van der Waals surface area contributed by atoms with Crippen molar-refractivity contribution in [3.63, 3.8) is 0 Å². The number of carbonyl (C=O) groups excluding carboxylic acids is 2. The molecule has 1 aromatic rings. The second kappa shape index (κ2) is 6.14. The van der Waals surface area contributed by atoms with E-state index in [9.17, 15) is 19.5 Å². The maximum Gasteiger partial charge on any atom is 0.408 e. The number of ketones is 1. The summed E-state index contributed by atoms with van der Waals surface area (Å²) in [5.41, 5.74) is -1.37. The zero-order valence-electron chi connectivity index (χ0n) is 16.1. The zero-order chi connectivity index (χ0) is 20.1. The highest BCUT2D eigenvalue weighted by molar-refractivity contribution is 6.12. The number of carbonyl (C=O) groups is 3. The molecule has 0 unspecified atom stereocenters. The topological polar surface area (TPSA) is 96.4 Å². The van der Waals surface area contributed by atoms with Crippen LogP contribution in [0, 0.1) is 5.41 Å². The van der Waals surface area contributed by atoms with Crippen LogP contribution in [0.3, 0.4) is 0 Å². The lowest BCUT2D eigenvalue weighted by atomic mass is 9.62. The monoisotopic (exact) mass is 376 g/mol. The lowest BCUT2D eigenvalue weighted by Gasteiger charge is -2.59. The second-order valence-electron chi connectivity index (χ2n) is 7.86. The number of Topliss-reactive ketones (excluding diaryl/α,β-unsaturated/α-hetero) is 1. The Balaban J connectivity index is 1.98. The van der Waals surface area contributed by atoms with Gasteiger partial charge in [-0.15, -0.1) is 0 Å². The summed E-state index contributed by atoms with van der Waals surface area (Å²) in [6.07, 6.45) is -1.25. The fourth-order valence-corrected chi connectivity index (χ4v) is 4.33. The Morgan fingerprint density at radius 2 is 1.93 bits per heavy atom. The van der Waals surface area contributed by atoms with Crippen molar-refractivity contribution in [3.05, 3.63) is 23.8 Å². The van der Waals surface area contributed by atoms with E-state index in [0.717, 1.165) is 10.5 Å². The maximum atomic E-state index is 13.2. The van der Waals surface area contributed by atoms with E-state index in [1.54, 1.807) is 46.1 Å². The van der Waals surface area contributed by atoms with Crippen LogP contribution in [-0.2, 0) is 16.1 Å². The lowest BCUT2D eigenvalue weighted by Crippen LogP contribution is -2.81. The molecule has 0 bridgehead atoms. The van der Waals surface area contributed by atoms with Crippen molar-refractivity contribution in [2.45, 2.75) is 38.9 Å². The number of β-lactam (4-membered cyclic amide) rings is 1. The Morgan fingerprint density at radius 3 is 2.44 bits per heavy atom. The Hall–Kier alpha value is -2.77. The summed E-state index contributed by atoms with van der Waals surface area (Å²) in [5, 5.41) is 9.58. The van der Waals surface area contributed by atoms with E-state index >= 15 is 0 Å². The predicted octanol–water partition coefficient (Wildman–Crippen LogP) is 1.76. The van der Waals surface area contributed by atoms with Gasteiger partial charge in [0.15, 0.2) is 11.3 Å². The largest absolute Gasteiger partial charge is 0.497 e. The van der Waals surface area contributed by atoms with Crippen molar-refractivity contribution in [1.29, 1.82) is 0 Å². The van der Waals surface area contributed by atoms with Crippen LogP contribution in [-0.4, -0.2) is 65.0 Å². The first-order valence-electron chi connectivity index (χ1n) is 8.64. The van der Waals surface area contributed by atoms with Gasteiger partial charge in [0, 0.05) is 11.6 Å². The van der Waals surface area contributed by atoms with Crippen molar-refractivity contribution in [3.8, 4) is 11.5 Å². The summed E-state index contributed by atoms with van der Waals surface area (Å²) in [7, 11) is 3.06. The summed E-state index contributed by atoms with van der Waals surface area (Å²) in [4.78, 5) is 40.0. The molecular formula is C19H24N2O6. The average molecular weight is 376 g/mol. The van der Waals surface area contributed by atoms with Gasteiger partial charge >= 0.3 is 6.09 Å². The van der Waals surface area contributed by atoms with Crippen LogP contribution in [0.25, 0.3) is 0 Å². The number of likely N-dealkylation sites (tertiary alicyclic amines) is 2. The Morgan fingerprint density at radius 1 is 1.26 bits per heavy atom. The molecule has 3 rings (SSSR count). The molecule has 27 heavy (non-hydrogen) atoms. The number of carboxylic acid groups (broad SMARTS) is 1. The van der Waals surface area contributed by atoms with Gasteiger partial charge in [0.05, 0.1) is 27.3 Å². The third-order valence-electron chi connectivity index (χ3n) is 5.55. The fraction of sp³-hybridized carbons (Fsp3) is 0.526. The predicted molar refractivity (Wildman–Crippen MR) is 95.8 cm³/mol. The van der Waals surface area contributed by atoms with Crippen LogP contribution in [0.1, 0.15) is 26.3 Å². The van der Waals surface area contributed by atoms with E-state index in [-0.39, 0.29) is 24.8 Å². The summed E-state index contributed by atoms with van der Waals surface area (Å²) in [6, 6.07) is 4.43. The fourth-order valence-electron chi connectivity index (χ4n) is 4.33. The standard InChI is InChI=1S/C19H24N2O6/c1-18(2,3)19-15(13(22)10-21(19)17(24)25)20(16(19)23)9-11-6-7-12(26-4)8-14(11)27-5/h6-8,15H,9-10H2,1-5H3,(H,24,25)/t15-,19+/m1/s1. The SMILES string of the molecule is COc1ccc(CN2C(=O)[C@]3(C(C)(C)C)[C@H]2C(=O)CN3C(=O)O)c(OC)c1. The second-order valence-corrected chi connectivity index (χ2v) is 7.86. The Bertz CT molecular complexity index is 815. The van der Waals surface area contributed by atoms with Crippen LogP contribution in [0.5, 0.6) is 11.5 Å². The third-order valence-corrected chi connectivity index (χ3v) is 5.55. The van der Waals surface area contributed by atoms with Crippen molar-refractivity contribution < 1.29 is 29.0 Å². The highest BCUT2D eigenvalue weighted by Crippen LogP contribution is 2.53. The molecule has 2 aliphatic rings. The molecule has 2 heterocycles. The number of hydrogen-bond donors (Lipinski definition) is 1. The minimum Gasteiger partial charge on any atom is -0.497 e. The van der Waals surface area contributed by atoms with Crippen molar-refractivity contribution in [2.24, 2.45) is 5.41 Å². The number of rotatable bonds is 4. The number of amides is 2. The lowest BCUT2D eigenvalue weighted by molar-refractivity contribution is -0.182. The van der Waals surface area contributed by atoms with E-state index < -0.39 is 23.1 Å². The molecule has 1 aromatic carbocycles. The average Bonchev–Trinajstić information content (AvgIpc) is 2.89. The number of hydrogen-bond acceptors (Lipinski definition) is 5. The molecule has 8 heteroatoms. The molecule has 1 N–H and O–H groups in total. The van der Waals surface area contributed by atoms with E-state index in [4.69, 9.17) is 9.47 Å². The van der Waals surface area contributed by atoms with Crippen molar-refractivity contribution in [2.75, 3.05) is 20.8 Å². The number of ether oxygens (including phenoxy) is 2. The van der Waals surface area contributed by atoms with Crippen LogP contribution in [0.2, 0.25) is 0 Å². The van der Waals surface area contributed by atoms with Crippen LogP contribution in [0.4, 0.5) is 4.79 Å². The minimum absolute atomic E-state index is 0.160. The maximum absolute atomic E-state index is 13.2. The number of nitrogens with zero attached hydrogens (tertiary/aromatic N) is 2. The van der Waals surface area contributed by atoms with Gasteiger partial charge in [-0.25, -0.2) is 4.79 Å². The molecule has 0 aromatic heterocycles. The number of benzene rings is 1. The van der Waals surface area contributed by atoms with E-state index in [0.29, 0.717) is 11.5 Å². The molecular weight excluding hydrogens is 352 g/mol. The highest BCUT2D eigenvalue weighted by Gasteiger charge is 2.76. The van der Waals surface area contributed by atoms with Gasteiger partial charge in [0.2, 0.25) is 0 Å². The first kappa shape index (κ1) is 19.0. The van der Waals surface area contributed by atoms with E-state index in [2.05, 4.69) is 0 Å². The molecule has 0 radical (unpaired) electrons. The Kier molecular flexibility index (Phi) is 4.32. The van der Waals surface area contributed by atoms with E-state index in [1.807, 2.05) is 0 Å². The summed E-state index contributed by atoms with van der Waals surface area (Å²) < 4.78 is 10.6. The van der Waals surface area contributed by atoms with Gasteiger partial charge in [-0.1, -0.05) is 20.8 Å². The Labute approximate surface area is 157 Å². The summed E-state index contributed by atoms with van der Waals surface area (Å²) in [6.45, 7) is 5.25. The van der Waals surface area contributed by atoms with Crippen molar-refractivity contribution in [1.82, 2.24) is 9.80 Å². The molecule has 2 aliphatic heterocycles. The summed E-state index contributed by atoms with van der Waals surface area (Å²) in [5.74, 6) is 0.532. The molecule has 2 fully saturated rings. The van der Waals surface area contributed by atoms with E-state index in [1.165, 1.54) is 12.0 Å². The summed E-state index contributed by atoms with van der Waals surface area (Å²) >= 11 is 0. The molecule has 0 saturated carbocycles. The van der Waals surface area contributed by atoms with Gasteiger partial charge in [-0.05, 0) is 17.5 Å². The molecule has 146 valence electrons. The van der Waals surface area contributed by atoms with Gasteiger partial charge in [-0.2, -0.15) is 0 Å². The van der Waals surface area contributed by atoms with Gasteiger partial charge in [-0.3, -0.25) is 14.5 Å². The molecule has 2 atom stereocenters. The molecule has 2 saturated heterocycles. The quantitative estimate of drug-likeness (QED) is 0.805.